The zero-order valence-corrected chi connectivity index (χ0v) is 17.1. The highest BCUT2D eigenvalue weighted by atomic mass is 19.4. The number of aldehydes is 1. The molecule has 0 heterocycles. The van der Waals surface area contributed by atoms with Gasteiger partial charge in [0.1, 0.15) is 11.9 Å². The van der Waals surface area contributed by atoms with Crippen LogP contribution in [0.4, 0.5) is 29.3 Å². The van der Waals surface area contributed by atoms with Gasteiger partial charge in [0.2, 0.25) is 0 Å². The van der Waals surface area contributed by atoms with Crippen LogP contribution in [0.25, 0.3) is 0 Å². The topological polar surface area (TPSA) is 70.7 Å². The first-order valence-corrected chi connectivity index (χ1v) is 9.59. The van der Waals surface area contributed by atoms with Gasteiger partial charge in [0.05, 0.1) is 23.0 Å². The molecule has 1 aromatic rings. The Morgan fingerprint density at radius 1 is 1.31 bits per heavy atom. The molecular formula is C20H28F3N3O3. The summed E-state index contributed by atoms with van der Waals surface area (Å²) in [5.74, 6) is 0.347. The van der Waals surface area contributed by atoms with E-state index in [1.54, 1.807) is 27.7 Å². The third kappa shape index (κ3) is 6.83. The number of nitrogens with one attached hydrogen (secondary N) is 2. The lowest BCUT2D eigenvalue weighted by atomic mass is 10.1. The molecule has 9 heteroatoms. The molecule has 6 nitrogen and oxygen atoms in total. The first-order chi connectivity index (χ1) is 13.4. The van der Waals surface area contributed by atoms with Crippen LogP contribution in [0.1, 0.15) is 52.5 Å². The van der Waals surface area contributed by atoms with E-state index in [1.165, 1.54) is 12.1 Å². The van der Waals surface area contributed by atoms with Crippen molar-refractivity contribution < 1.29 is 27.5 Å². The SMILES string of the molecule is CC(CC=O)N(Nc1cccc(C(F)(F)F)c1NCC1CC1)C(=O)OC(C)(C)C. The molecule has 162 valence electrons. The van der Waals surface area contributed by atoms with Crippen molar-refractivity contribution in [2.75, 3.05) is 17.3 Å². The molecule has 0 bridgehead atoms. The van der Waals surface area contributed by atoms with Crippen LogP contribution < -0.4 is 10.7 Å². The fourth-order valence-corrected chi connectivity index (χ4v) is 2.66. The van der Waals surface area contributed by atoms with Gasteiger partial charge in [-0.2, -0.15) is 13.2 Å². The van der Waals surface area contributed by atoms with Crippen molar-refractivity contribution in [1.82, 2.24) is 5.01 Å². The van der Waals surface area contributed by atoms with E-state index in [0.717, 1.165) is 23.9 Å². The number of amides is 1. The zero-order chi connectivity index (χ0) is 21.8. The molecular weight excluding hydrogens is 387 g/mol. The first-order valence-electron chi connectivity index (χ1n) is 9.59. The predicted octanol–water partition coefficient (Wildman–Crippen LogP) is 5.07. The summed E-state index contributed by atoms with van der Waals surface area (Å²) in [5.41, 5.74) is 1.08. The molecule has 0 spiro atoms. The van der Waals surface area contributed by atoms with E-state index in [-0.39, 0.29) is 17.8 Å². The number of rotatable bonds is 8. The van der Waals surface area contributed by atoms with E-state index in [2.05, 4.69) is 10.7 Å². The Bertz CT molecular complexity index is 728. The number of anilines is 2. The molecule has 2 rings (SSSR count). The standard InChI is InChI=1S/C20H28F3N3O3/c1-13(10-11-27)26(18(28)29-19(2,3)4)25-16-7-5-6-15(20(21,22)23)17(16)24-12-14-8-9-14/h5-7,11,13-14,24-25H,8-10,12H2,1-4H3. The van der Waals surface area contributed by atoms with E-state index < -0.39 is 29.5 Å². The van der Waals surface area contributed by atoms with Crippen molar-refractivity contribution in [3.8, 4) is 0 Å². The fraction of sp³-hybridized carbons (Fsp3) is 0.600. The van der Waals surface area contributed by atoms with Crippen LogP contribution in [0.3, 0.4) is 0 Å². The van der Waals surface area contributed by atoms with E-state index in [1.807, 2.05) is 0 Å². The summed E-state index contributed by atoms with van der Waals surface area (Å²) < 4.78 is 46.0. The molecule has 29 heavy (non-hydrogen) atoms. The van der Waals surface area contributed by atoms with Crippen LogP contribution >= 0.6 is 0 Å². The van der Waals surface area contributed by atoms with Gasteiger partial charge >= 0.3 is 12.3 Å². The maximum atomic E-state index is 13.5. The minimum absolute atomic E-state index is 0.00393. The van der Waals surface area contributed by atoms with Crippen molar-refractivity contribution in [2.24, 2.45) is 5.92 Å². The first kappa shape index (κ1) is 22.8. The largest absolute Gasteiger partial charge is 0.442 e. The second-order valence-corrected chi connectivity index (χ2v) is 8.26. The summed E-state index contributed by atoms with van der Waals surface area (Å²) in [6.07, 6.45) is -2.75. The fourth-order valence-electron chi connectivity index (χ4n) is 2.66. The summed E-state index contributed by atoms with van der Waals surface area (Å²) in [4.78, 5) is 23.6. The van der Waals surface area contributed by atoms with Crippen molar-refractivity contribution in [2.45, 2.75) is 64.8 Å². The number of hydrogen-bond acceptors (Lipinski definition) is 5. The maximum absolute atomic E-state index is 13.5. The second-order valence-electron chi connectivity index (χ2n) is 8.26. The Kier molecular flexibility index (Phi) is 7.02. The van der Waals surface area contributed by atoms with Crippen LogP contribution in [0.2, 0.25) is 0 Å². The Morgan fingerprint density at radius 3 is 2.48 bits per heavy atom. The Labute approximate surface area is 168 Å². The van der Waals surface area contributed by atoms with Crippen molar-refractivity contribution in [3.63, 3.8) is 0 Å². The number of carbonyl (C=O) groups is 2. The number of hydrazine groups is 1. The molecule has 1 amide bonds. The maximum Gasteiger partial charge on any atom is 0.429 e. The molecule has 1 saturated carbocycles. The Balaban J connectivity index is 2.37. The number of carbonyl (C=O) groups excluding carboxylic acids is 2. The molecule has 1 atom stereocenters. The van der Waals surface area contributed by atoms with Gasteiger partial charge in [0, 0.05) is 13.0 Å². The average Bonchev–Trinajstić information content (AvgIpc) is 3.40. The predicted molar refractivity (Wildman–Crippen MR) is 104 cm³/mol. The highest BCUT2D eigenvalue weighted by Crippen LogP contribution is 2.40. The van der Waals surface area contributed by atoms with Crippen LogP contribution in [-0.2, 0) is 15.7 Å². The highest BCUT2D eigenvalue weighted by molar-refractivity contribution is 5.77. The van der Waals surface area contributed by atoms with Crippen LogP contribution in [-0.4, -0.2) is 35.6 Å². The van der Waals surface area contributed by atoms with Gasteiger partial charge in [0.15, 0.2) is 0 Å². The lowest BCUT2D eigenvalue weighted by molar-refractivity contribution is -0.136. The average molecular weight is 415 g/mol. The number of hydrogen-bond donors (Lipinski definition) is 2. The lowest BCUT2D eigenvalue weighted by Crippen LogP contribution is -2.46. The van der Waals surface area contributed by atoms with Gasteiger partial charge in [-0.15, -0.1) is 0 Å². The van der Waals surface area contributed by atoms with Gasteiger partial charge in [-0.1, -0.05) is 6.07 Å². The van der Waals surface area contributed by atoms with Gasteiger partial charge in [-0.3, -0.25) is 5.43 Å². The van der Waals surface area contributed by atoms with Crippen molar-refractivity contribution in [1.29, 1.82) is 0 Å². The molecule has 1 fully saturated rings. The smallest absolute Gasteiger partial charge is 0.429 e. The molecule has 1 unspecified atom stereocenters. The zero-order valence-electron chi connectivity index (χ0n) is 17.1. The summed E-state index contributed by atoms with van der Waals surface area (Å²) in [6.45, 7) is 7.06. The Hall–Kier alpha value is -2.45. The minimum Gasteiger partial charge on any atom is -0.442 e. The summed E-state index contributed by atoms with van der Waals surface area (Å²) in [7, 11) is 0. The number of halogens is 3. The third-order valence-corrected chi connectivity index (χ3v) is 4.34. The normalized spacial score (nSPS) is 15.4. The molecule has 2 N–H and O–H groups in total. The molecule has 0 aliphatic heterocycles. The monoisotopic (exact) mass is 415 g/mol. The highest BCUT2D eigenvalue weighted by Gasteiger charge is 2.36. The summed E-state index contributed by atoms with van der Waals surface area (Å²) in [5, 5.41) is 3.94. The number of nitrogens with zero attached hydrogens (tertiary/aromatic N) is 1. The van der Waals surface area contributed by atoms with Crippen LogP contribution in [0, 0.1) is 5.92 Å². The van der Waals surface area contributed by atoms with Crippen LogP contribution in [0.5, 0.6) is 0 Å². The van der Waals surface area contributed by atoms with Gasteiger partial charge in [-0.05, 0) is 58.6 Å². The van der Waals surface area contributed by atoms with Crippen molar-refractivity contribution in [3.05, 3.63) is 23.8 Å². The van der Waals surface area contributed by atoms with Crippen molar-refractivity contribution >= 4 is 23.8 Å². The Morgan fingerprint density at radius 2 is 1.97 bits per heavy atom. The number of alkyl halides is 3. The summed E-state index contributed by atoms with van der Waals surface area (Å²) >= 11 is 0. The van der Waals surface area contributed by atoms with E-state index in [4.69, 9.17) is 4.74 Å². The van der Waals surface area contributed by atoms with E-state index in [9.17, 15) is 22.8 Å². The lowest BCUT2D eigenvalue weighted by Gasteiger charge is -2.32. The molecule has 0 aromatic heterocycles. The third-order valence-electron chi connectivity index (χ3n) is 4.34. The number of para-hydroxylation sites is 1. The molecule has 0 saturated heterocycles. The molecule has 1 aliphatic rings. The van der Waals surface area contributed by atoms with Gasteiger partial charge in [0.25, 0.3) is 0 Å². The minimum atomic E-state index is -4.56. The van der Waals surface area contributed by atoms with Crippen LogP contribution in [0.15, 0.2) is 18.2 Å². The molecule has 0 radical (unpaired) electrons. The van der Waals surface area contributed by atoms with E-state index in [0.29, 0.717) is 18.7 Å². The molecule has 1 aliphatic carbocycles. The number of ether oxygens (including phenoxy) is 1. The number of benzene rings is 1. The van der Waals surface area contributed by atoms with Gasteiger partial charge < -0.3 is 14.8 Å². The summed E-state index contributed by atoms with van der Waals surface area (Å²) in [6, 6.07) is 3.08. The molecule has 1 aromatic carbocycles. The van der Waals surface area contributed by atoms with Gasteiger partial charge in [-0.25, -0.2) is 9.80 Å². The van der Waals surface area contributed by atoms with E-state index >= 15 is 0 Å². The second kappa shape index (κ2) is 8.92. The quantitative estimate of drug-likeness (QED) is 0.458.